The van der Waals surface area contributed by atoms with Crippen molar-refractivity contribution in [3.63, 3.8) is 0 Å². The van der Waals surface area contributed by atoms with E-state index < -0.39 is 24.0 Å². The molecule has 21 heavy (non-hydrogen) atoms. The molecule has 9 heteroatoms. The number of alkyl halides is 3. The van der Waals surface area contributed by atoms with Crippen LogP contribution in [0.5, 0.6) is 0 Å². The maximum absolute atomic E-state index is 12.8. The summed E-state index contributed by atoms with van der Waals surface area (Å²) >= 11 is 0. The Kier molecular flexibility index (Phi) is 5.74. The van der Waals surface area contributed by atoms with Crippen LogP contribution in [-0.2, 0) is 15.7 Å². The van der Waals surface area contributed by atoms with E-state index in [4.69, 9.17) is 0 Å². The van der Waals surface area contributed by atoms with Crippen LogP contribution < -0.4 is 10.6 Å². The lowest BCUT2D eigenvalue weighted by Crippen LogP contribution is -2.28. The summed E-state index contributed by atoms with van der Waals surface area (Å²) in [4.78, 5) is 18.1. The van der Waals surface area contributed by atoms with Gasteiger partial charge in [0.15, 0.2) is 0 Å². The van der Waals surface area contributed by atoms with Gasteiger partial charge in [0, 0.05) is 12.6 Å². The smallest absolute Gasteiger partial charge is 0.451 e. The molecule has 0 radical (unpaired) electrons. The average Bonchev–Trinajstić information content (AvgIpc) is 2.42. The van der Waals surface area contributed by atoms with Crippen molar-refractivity contribution in [2.45, 2.75) is 32.5 Å². The Labute approximate surface area is 120 Å². The molecule has 1 heterocycles. The number of aromatic nitrogens is 2. The van der Waals surface area contributed by atoms with Crippen molar-refractivity contribution >= 4 is 17.6 Å². The van der Waals surface area contributed by atoms with Gasteiger partial charge in [0.2, 0.25) is 5.82 Å². The van der Waals surface area contributed by atoms with Gasteiger partial charge in [-0.1, -0.05) is 6.92 Å². The number of carbonyl (C=O) groups is 1. The van der Waals surface area contributed by atoms with Gasteiger partial charge in [0.05, 0.1) is 7.11 Å². The Morgan fingerprint density at radius 2 is 2.00 bits per heavy atom. The fraction of sp³-hybridized carbons (Fsp3) is 0.583. The molecule has 0 saturated heterocycles. The van der Waals surface area contributed by atoms with Crippen LogP contribution in [0.1, 0.15) is 26.1 Å². The Morgan fingerprint density at radius 1 is 1.38 bits per heavy atom. The van der Waals surface area contributed by atoms with E-state index in [0.29, 0.717) is 6.54 Å². The van der Waals surface area contributed by atoms with Crippen molar-refractivity contribution in [2.24, 2.45) is 0 Å². The number of carbonyl (C=O) groups excluding carboxylic acids is 1. The maximum Gasteiger partial charge on any atom is 0.451 e. The molecule has 0 bridgehead atoms. The zero-order valence-corrected chi connectivity index (χ0v) is 11.9. The van der Waals surface area contributed by atoms with Crippen LogP contribution in [0.15, 0.2) is 6.07 Å². The minimum absolute atomic E-state index is 0.0405. The van der Waals surface area contributed by atoms with Crippen molar-refractivity contribution in [3.8, 4) is 0 Å². The van der Waals surface area contributed by atoms with E-state index in [2.05, 4.69) is 25.3 Å². The highest BCUT2D eigenvalue weighted by Crippen LogP contribution is 2.28. The molecule has 0 fully saturated rings. The molecular weight excluding hydrogens is 289 g/mol. The molecule has 0 aliphatic rings. The van der Waals surface area contributed by atoms with E-state index in [9.17, 15) is 18.0 Å². The number of hydrogen-bond donors (Lipinski definition) is 2. The molecular formula is C12H17F3N4O2. The van der Waals surface area contributed by atoms with E-state index in [1.807, 2.05) is 6.92 Å². The number of anilines is 2. The molecule has 1 rings (SSSR count). The highest BCUT2D eigenvalue weighted by Gasteiger charge is 2.35. The summed E-state index contributed by atoms with van der Waals surface area (Å²) in [5.74, 6) is -1.94. The Bertz CT molecular complexity index is 494. The molecule has 1 aromatic heterocycles. The quantitative estimate of drug-likeness (QED) is 0.785. The van der Waals surface area contributed by atoms with Crippen LogP contribution in [0.2, 0.25) is 0 Å². The van der Waals surface area contributed by atoms with Gasteiger partial charge >= 0.3 is 12.1 Å². The molecule has 0 saturated carbocycles. The van der Waals surface area contributed by atoms with Crippen LogP contribution in [0.3, 0.4) is 0 Å². The van der Waals surface area contributed by atoms with Crippen LogP contribution in [-0.4, -0.2) is 35.6 Å². The van der Waals surface area contributed by atoms with E-state index in [1.54, 1.807) is 0 Å². The topological polar surface area (TPSA) is 76.1 Å². The van der Waals surface area contributed by atoms with Crippen molar-refractivity contribution in [2.75, 3.05) is 24.3 Å². The number of esters is 1. The minimum Gasteiger partial charge on any atom is -0.467 e. The molecule has 0 aromatic carbocycles. The van der Waals surface area contributed by atoms with Gasteiger partial charge in [0.25, 0.3) is 0 Å². The monoisotopic (exact) mass is 306 g/mol. The van der Waals surface area contributed by atoms with Gasteiger partial charge in [0.1, 0.15) is 17.7 Å². The summed E-state index contributed by atoms with van der Waals surface area (Å²) < 4.78 is 42.8. The highest BCUT2D eigenvalue weighted by atomic mass is 19.4. The summed E-state index contributed by atoms with van der Waals surface area (Å²) in [6, 6.07) is 0.481. The SMILES string of the molecule is CCCNc1cc(NC(C)C(=O)OC)nc(C(F)(F)F)n1. The van der Waals surface area contributed by atoms with Gasteiger partial charge in [-0.05, 0) is 13.3 Å². The molecule has 1 atom stereocenters. The molecule has 118 valence electrons. The first-order chi connectivity index (χ1) is 9.77. The van der Waals surface area contributed by atoms with Crippen molar-refractivity contribution < 1.29 is 22.7 Å². The number of nitrogens with zero attached hydrogens (tertiary/aromatic N) is 2. The molecule has 6 nitrogen and oxygen atoms in total. The largest absolute Gasteiger partial charge is 0.467 e. The minimum atomic E-state index is -4.67. The number of hydrogen-bond acceptors (Lipinski definition) is 6. The molecule has 2 N–H and O–H groups in total. The van der Waals surface area contributed by atoms with Crippen molar-refractivity contribution in [1.82, 2.24) is 9.97 Å². The zero-order valence-electron chi connectivity index (χ0n) is 11.9. The van der Waals surface area contributed by atoms with Gasteiger partial charge in [-0.15, -0.1) is 0 Å². The summed E-state index contributed by atoms with van der Waals surface area (Å²) in [5, 5.41) is 5.31. The normalized spacial score (nSPS) is 12.7. The molecule has 1 aromatic rings. The van der Waals surface area contributed by atoms with Gasteiger partial charge in [-0.3, -0.25) is 0 Å². The third-order valence-corrected chi connectivity index (χ3v) is 2.45. The third kappa shape index (κ3) is 5.09. The van der Waals surface area contributed by atoms with E-state index in [-0.39, 0.29) is 11.6 Å². The second-order valence-corrected chi connectivity index (χ2v) is 4.28. The fourth-order valence-corrected chi connectivity index (χ4v) is 1.45. The maximum atomic E-state index is 12.8. The van der Waals surface area contributed by atoms with E-state index in [1.165, 1.54) is 20.1 Å². The van der Waals surface area contributed by atoms with Crippen molar-refractivity contribution in [3.05, 3.63) is 11.9 Å². The van der Waals surface area contributed by atoms with Crippen LogP contribution >= 0.6 is 0 Å². The van der Waals surface area contributed by atoms with Crippen LogP contribution in [0.25, 0.3) is 0 Å². The highest BCUT2D eigenvalue weighted by molar-refractivity contribution is 5.78. The molecule has 0 spiro atoms. The fourth-order valence-electron chi connectivity index (χ4n) is 1.45. The molecule has 1 unspecified atom stereocenters. The summed E-state index contributed by atoms with van der Waals surface area (Å²) in [6.45, 7) is 3.80. The third-order valence-electron chi connectivity index (χ3n) is 2.45. The molecule has 0 amide bonds. The first-order valence-electron chi connectivity index (χ1n) is 6.32. The lowest BCUT2D eigenvalue weighted by molar-refractivity contribution is -0.144. The lowest BCUT2D eigenvalue weighted by Gasteiger charge is -2.15. The summed E-state index contributed by atoms with van der Waals surface area (Å²) in [6.07, 6.45) is -3.94. The number of ether oxygens (including phenoxy) is 1. The first-order valence-corrected chi connectivity index (χ1v) is 6.32. The zero-order chi connectivity index (χ0) is 16.0. The van der Waals surface area contributed by atoms with E-state index >= 15 is 0 Å². The number of rotatable bonds is 6. The Hall–Kier alpha value is -2.06. The van der Waals surface area contributed by atoms with Gasteiger partial charge in [-0.25, -0.2) is 14.8 Å². The Morgan fingerprint density at radius 3 is 2.52 bits per heavy atom. The second-order valence-electron chi connectivity index (χ2n) is 4.28. The second kappa shape index (κ2) is 7.09. The average molecular weight is 306 g/mol. The number of nitrogens with one attached hydrogen (secondary N) is 2. The molecule has 0 aliphatic carbocycles. The van der Waals surface area contributed by atoms with Gasteiger partial charge in [-0.2, -0.15) is 13.2 Å². The van der Waals surface area contributed by atoms with E-state index in [0.717, 1.165) is 6.42 Å². The predicted octanol–water partition coefficient (Wildman–Crippen LogP) is 2.29. The van der Waals surface area contributed by atoms with Crippen LogP contribution in [0.4, 0.5) is 24.8 Å². The summed E-state index contributed by atoms with van der Waals surface area (Å²) in [7, 11) is 1.19. The Balaban J connectivity index is 3.04. The molecule has 0 aliphatic heterocycles. The van der Waals surface area contributed by atoms with Crippen LogP contribution in [0, 0.1) is 0 Å². The number of methoxy groups -OCH3 is 1. The lowest BCUT2D eigenvalue weighted by atomic mass is 10.3. The standard InChI is InChI=1S/C12H17F3N4O2/c1-4-5-16-8-6-9(17-7(2)10(20)21-3)19-11(18-8)12(13,14)15/h6-7H,4-5H2,1-3H3,(H2,16,17,18,19). The van der Waals surface area contributed by atoms with Gasteiger partial charge < -0.3 is 15.4 Å². The predicted molar refractivity (Wildman–Crippen MR) is 70.9 cm³/mol. The first kappa shape index (κ1) is 17.0. The number of halogens is 3. The summed E-state index contributed by atoms with van der Waals surface area (Å²) in [5.41, 5.74) is 0. The van der Waals surface area contributed by atoms with Crippen molar-refractivity contribution in [1.29, 1.82) is 0 Å².